The molecule has 1 rings (SSSR count). The van der Waals surface area contributed by atoms with Gasteiger partial charge in [0.15, 0.2) is 0 Å². The first-order valence-corrected chi connectivity index (χ1v) is 6.41. The number of aryl methyl sites for hydroxylation is 3. The predicted molar refractivity (Wildman–Crippen MR) is 69.6 cm³/mol. The van der Waals surface area contributed by atoms with E-state index in [9.17, 15) is 0 Å². The maximum Gasteiger partial charge on any atom is 0.0215 e. The van der Waals surface area contributed by atoms with Crippen LogP contribution in [0, 0.1) is 20.8 Å². The van der Waals surface area contributed by atoms with Gasteiger partial charge in [-0.1, -0.05) is 24.6 Å². The van der Waals surface area contributed by atoms with Crippen molar-refractivity contribution in [3.05, 3.63) is 28.8 Å². The van der Waals surface area contributed by atoms with Crippen molar-refractivity contribution in [2.24, 2.45) is 5.73 Å². The first kappa shape index (κ1) is 12.6. The van der Waals surface area contributed by atoms with Gasteiger partial charge in [0.1, 0.15) is 0 Å². The number of hydrogen-bond donors (Lipinski definition) is 1. The fraction of sp³-hybridized carbons (Fsp3) is 0.538. The lowest BCUT2D eigenvalue weighted by atomic mass is 10.1. The fourth-order valence-electron chi connectivity index (χ4n) is 1.82. The Balaban J connectivity index is 2.94. The summed E-state index contributed by atoms with van der Waals surface area (Å²) in [4.78, 5) is 1.41. The number of hydrogen-bond acceptors (Lipinski definition) is 2. The van der Waals surface area contributed by atoms with Gasteiger partial charge in [0.25, 0.3) is 0 Å². The maximum atomic E-state index is 5.74. The Kier molecular flexibility index (Phi) is 4.68. The second-order valence-corrected chi connectivity index (χ2v) is 5.42. The van der Waals surface area contributed by atoms with Crippen LogP contribution in [0.1, 0.15) is 30.0 Å². The molecule has 1 aromatic rings. The highest BCUT2D eigenvalue weighted by atomic mass is 32.2. The molecule has 0 amide bonds. The zero-order valence-electron chi connectivity index (χ0n) is 10.1. The van der Waals surface area contributed by atoms with E-state index in [4.69, 9.17) is 5.73 Å². The van der Waals surface area contributed by atoms with Crippen LogP contribution in [-0.2, 0) is 0 Å². The molecule has 0 fully saturated rings. The molecule has 1 atom stereocenters. The van der Waals surface area contributed by atoms with Gasteiger partial charge in [-0.05, 0) is 38.3 Å². The van der Waals surface area contributed by atoms with E-state index in [1.807, 2.05) is 11.8 Å². The van der Waals surface area contributed by atoms with Gasteiger partial charge in [-0.25, -0.2) is 0 Å². The van der Waals surface area contributed by atoms with Crippen molar-refractivity contribution in [1.82, 2.24) is 0 Å². The van der Waals surface area contributed by atoms with Crippen LogP contribution < -0.4 is 5.73 Å². The summed E-state index contributed by atoms with van der Waals surface area (Å²) in [5.41, 5.74) is 9.84. The molecule has 0 heterocycles. The average molecular weight is 223 g/mol. The zero-order valence-corrected chi connectivity index (χ0v) is 10.9. The highest BCUT2D eigenvalue weighted by Crippen LogP contribution is 2.31. The Morgan fingerprint density at radius 1 is 1.20 bits per heavy atom. The van der Waals surface area contributed by atoms with E-state index >= 15 is 0 Å². The zero-order chi connectivity index (χ0) is 11.4. The molecule has 0 bridgehead atoms. The van der Waals surface area contributed by atoms with Crippen molar-refractivity contribution in [3.8, 4) is 0 Å². The second kappa shape index (κ2) is 5.57. The normalized spacial score (nSPS) is 12.9. The van der Waals surface area contributed by atoms with Gasteiger partial charge < -0.3 is 5.73 Å². The van der Waals surface area contributed by atoms with Crippen LogP contribution in [0.25, 0.3) is 0 Å². The monoisotopic (exact) mass is 223 g/mol. The lowest BCUT2D eigenvalue weighted by Crippen LogP contribution is -2.15. The van der Waals surface area contributed by atoms with Crippen molar-refractivity contribution in [3.63, 3.8) is 0 Å². The Morgan fingerprint density at radius 2 is 1.73 bits per heavy atom. The van der Waals surface area contributed by atoms with Crippen LogP contribution in [0.2, 0.25) is 0 Å². The molecule has 15 heavy (non-hydrogen) atoms. The molecule has 2 heteroatoms. The minimum absolute atomic E-state index is 0.546. The molecule has 0 aliphatic rings. The van der Waals surface area contributed by atoms with Crippen LogP contribution in [0.3, 0.4) is 0 Å². The van der Waals surface area contributed by atoms with E-state index < -0.39 is 0 Å². The first-order valence-electron chi connectivity index (χ1n) is 5.53. The summed E-state index contributed by atoms with van der Waals surface area (Å²) < 4.78 is 0. The van der Waals surface area contributed by atoms with Crippen molar-refractivity contribution in [2.75, 3.05) is 6.54 Å². The van der Waals surface area contributed by atoms with E-state index in [1.54, 1.807) is 0 Å². The molecule has 84 valence electrons. The molecule has 0 aliphatic heterocycles. The van der Waals surface area contributed by atoms with Gasteiger partial charge in [0.2, 0.25) is 0 Å². The Bertz CT molecular complexity index is 306. The summed E-state index contributed by atoms with van der Waals surface area (Å²) in [7, 11) is 0. The lowest BCUT2D eigenvalue weighted by molar-refractivity contribution is 0.825. The number of rotatable bonds is 4. The molecular weight excluding hydrogens is 202 g/mol. The molecule has 0 aliphatic carbocycles. The number of nitrogens with two attached hydrogens (primary N) is 1. The summed E-state index contributed by atoms with van der Waals surface area (Å²) in [6, 6.07) is 4.50. The van der Waals surface area contributed by atoms with Crippen LogP contribution >= 0.6 is 11.8 Å². The van der Waals surface area contributed by atoms with Gasteiger partial charge in [-0.15, -0.1) is 11.8 Å². The molecule has 1 aromatic carbocycles. The van der Waals surface area contributed by atoms with E-state index in [0.29, 0.717) is 5.25 Å². The minimum Gasteiger partial charge on any atom is -0.329 e. The van der Waals surface area contributed by atoms with Gasteiger partial charge in [0, 0.05) is 16.7 Å². The predicted octanol–water partition coefficient (Wildman–Crippen LogP) is 3.44. The number of thioether (sulfide) groups is 1. The van der Waals surface area contributed by atoms with Gasteiger partial charge in [-0.3, -0.25) is 0 Å². The lowest BCUT2D eigenvalue weighted by Gasteiger charge is -2.16. The van der Waals surface area contributed by atoms with Crippen molar-refractivity contribution >= 4 is 11.8 Å². The summed E-state index contributed by atoms with van der Waals surface area (Å²) in [6.45, 7) is 9.48. The van der Waals surface area contributed by atoms with Gasteiger partial charge in [0.05, 0.1) is 0 Å². The van der Waals surface area contributed by atoms with Crippen molar-refractivity contribution in [1.29, 1.82) is 0 Å². The van der Waals surface area contributed by atoms with Crippen LogP contribution in [0.15, 0.2) is 17.0 Å². The molecule has 1 unspecified atom stereocenters. The molecule has 0 aromatic heterocycles. The molecule has 0 radical (unpaired) electrons. The SMILES string of the molecule is CCC(CN)Sc1c(C)cc(C)cc1C. The average Bonchev–Trinajstić information content (AvgIpc) is 2.17. The molecular formula is C13H21NS. The Morgan fingerprint density at radius 3 is 2.13 bits per heavy atom. The smallest absolute Gasteiger partial charge is 0.0215 e. The third-order valence-electron chi connectivity index (χ3n) is 2.61. The third-order valence-corrected chi connectivity index (χ3v) is 4.35. The van der Waals surface area contributed by atoms with E-state index in [2.05, 4.69) is 39.8 Å². The van der Waals surface area contributed by atoms with Gasteiger partial charge in [-0.2, -0.15) is 0 Å². The maximum absolute atomic E-state index is 5.74. The molecule has 0 spiro atoms. The summed E-state index contributed by atoms with van der Waals surface area (Å²) in [5, 5.41) is 0.546. The standard InChI is InChI=1S/C13H21NS/c1-5-12(8-14)15-13-10(3)6-9(2)7-11(13)4/h6-7,12H,5,8,14H2,1-4H3. The minimum atomic E-state index is 0.546. The number of benzene rings is 1. The largest absolute Gasteiger partial charge is 0.329 e. The van der Waals surface area contributed by atoms with Crippen LogP contribution in [0.4, 0.5) is 0 Å². The van der Waals surface area contributed by atoms with E-state index in [-0.39, 0.29) is 0 Å². The van der Waals surface area contributed by atoms with Crippen molar-refractivity contribution < 1.29 is 0 Å². The molecule has 0 saturated heterocycles. The van der Waals surface area contributed by atoms with Gasteiger partial charge >= 0.3 is 0 Å². The van der Waals surface area contributed by atoms with Crippen LogP contribution in [0.5, 0.6) is 0 Å². The van der Waals surface area contributed by atoms with E-state index in [0.717, 1.165) is 13.0 Å². The Labute approximate surface area is 97.4 Å². The molecule has 1 nitrogen and oxygen atoms in total. The van der Waals surface area contributed by atoms with E-state index in [1.165, 1.54) is 21.6 Å². The quantitative estimate of drug-likeness (QED) is 0.791. The van der Waals surface area contributed by atoms with Crippen molar-refractivity contribution in [2.45, 2.75) is 44.3 Å². The highest BCUT2D eigenvalue weighted by molar-refractivity contribution is 8.00. The third kappa shape index (κ3) is 3.25. The van der Waals surface area contributed by atoms with Crippen LogP contribution in [-0.4, -0.2) is 11.8 Å². The summed E-state index contributed by atoms with van der Waals surface area (Å²) >= 11 is 1.93. The molecule has 2 N–H and O–H groups in total. The fourth-order valence-corrected chi connectivity index (χ4v) is 2.90. The second-order valence-electron chi connectivity index (χ2n) is 4.11. The highest BCUT2D eigenvalue weighted by Gasteiger charge is 2.10. The Hall–Kier alpha value is -0.470. The first-order chi connectivity index (χ1) is 7.08. The topological polar surface area (TPSA) is 26.0 Å². The molecule has 0 saturated carbocycles. The summed E-state index contributed by atoms with van der Waals surface area (Å²) in [5.74, 6) is 0. The summed E-state index contributed by atoms with van der Waals surface area (Å²) in [6.07, 6.45) is 1.13.